The third-order valence-corrected chi connectivity index (χ3v) is 2.75. The van der Waals surface area contributed by atoms with Gasteiger partial charge in [0.15, 0.2) is 0 Å². The number of aromatic hydroxyl groups is 1. The number of carboxylic acid groups (broad SMARTS) is 1. The molecular weight excluding hydrogens is 260 g/mol. The van der Waals surface area contributed by atoms with Crippen molar-refractivity contribution < 1.29 is 15.0 Å². The standard InChI is InChI=1S/C11H13BrO3/c1-6-4-9(12)5-8(10(6)13)3-7(2)11(14)15/h4-5,7,13H,3H2,1-2H3,(H,14,15). The molecule has 0 saturated carbocycles. The van der Waals surface area contributed by atoms with E-state index in [9.17, 15) is 9.90 Å². The van der Waals surface area contributed by atoms with Crippen LogP contribution in [0.1, 0.15) is 18.1 Å². The summed E-state index contributed by atoms with van der Waals surface area (Å²) in [5, 5.41) is 18.5. The lowest BCUT2D eigenvalue weighted by Gasteiger charge is -2.10. The van der Waals surface area contributed by atoms with Crippen molar-refractivity contribution >= 4 is 21.9 Å². The number of carbonyl (C=O) groups is 1. The Morgan fingerprint density at radius 1 is 1.53 bits per heavy atom. The molecule has 1 aromatic carbocycles. The van der Waals surface area contributed by atoms with Crippen LogP contribution in [0.4, 0.5) is 0 Å². The molecule has 0 aromatic heterocycles. The number of aryl methyl sites for hydroxylation is 1. The molecule has 0 aliphatic rings. The van der Waals surface area contributed by atoms with Crippen LogP contribution >= 0.6 is 15.9 Å². The van der Waals surface area contributed by atoms with E-state index in [4.69, 9.17) is 5.11 Å². The van der Waals surface area contributed by atoms with Crippen molar-refractivity contribution in [2.75, 3.05) is 0 Å². The Morgan fingerprint density at radius 2 is 2.13 bits per heavy atom. The first-order chi connectivity index (χ1) is 6.91. The lowest BCUT2D eigenvalue weighted by atomic mass is 9.99. The molecule has 0 spiro atoms. The number of aliphatic carboxylic acids is 1. The molecule has 0 fully saturated rings. The molecule has 0 aliphatic heterocycles. The number of benzene rings is 1. The smallest absolute Gasteiger partial charge is 0.306 e. The van der Waals surface area contributed by atoms with Crippen molar-refractivity contribution in [2.45, 2.75) is 20.3 Å². The van der Waals surface area contributed by atoms with Crippen molar-refractivity contribution in [3.8, 4) is 5.75 Å². The largest absolute Gasteiger partial charge is 0.507 e. The van der Waals surface area contributed by atoms with E-state index in [2.05, 4.69) is 15.9 Å². The van der Waals surface area contributed by atoms with Crippen LogP contribution in [-0.4, -0.2) is 16.2 Å². The molecule has 82 valence electrons. The highest BCUT2D eigenvalue weighted by atomic mass is 79.9. The molecule has 0 amide bonds. The van der Waals surface area contributed by atoms with Gasteiger partial charge in [-0.15, -0.1) is 0 Å². The second-order valence-corrected chi connectivity index (χ2v) is 4.59. The normalized spacial score (nSPS) is 12.5. The second-order valence-electron chi connectivity index (χ2n) is 3.67. The Balaban J connectivity index is 2.99. The first-order valence-electron chi connectivity index (χ1n) is 4.62. The highest BCUT2D eigenvalue weighted by Gasteiger charge is 2.15. The molecule has 1 aromatic rings. The van der Waals surface area contributed by atoms with Crippen LogP contribution in [0.15, 0.2) is 16.6 Å². The van der Waals surface area contributed by atoms with Gasteiger partial charge in [0, 0.05) is 4.47 Å². The summed E-state index contributed by atoms with van der Waals surface area (Å²) >= 11 is 3.32. The Morgan fingerprint density at radius 3 is 2.67 bits per heavy atom. The Kier molecular flexibility index (Phi) is 3.74. The molecule has 0 bridgehead atoms. The maximum absolute atomic E-state index is 10.7. The van der Waals surface area contributed by atoms with E-state index in [1.807, 2.05) is 0 Å². The zero-order valence-electron chi connectivity index (χ0n) is 8.62. The van der Waals surface area contributed by atoms with Gasteiger partial charge in [0.2, 0.25) is 0 Å². The SMILES string of the molecule is Cc1cc(Br)cc(CC(C)C(=O)O)c1O. The minimum absolute atomic E-state index is 0.186. The molecule has 0 heterocycles. The van der Waals surface area contributed by atoms with E-state index in [1.165, 1.54) is 0 Å². The van der Waals surface area contributed by atoms with Crippen LogP contribution in [0.25, 0.3) is 0 Å². The minimum atomic E-state index is -0.855. The van der Waals surface area contributed by atoms with Crippen LogP contribution in [0, 0.1) is 12.8 Å². The summed E-state index contributed by atoms with van der Waals surface area (Å²) in [4.78, 5) is 10.7. The van der Waals surface area contributed by atoms with Crippen LogP contribution in [0.3, 0.4) is 0 Å². The van der Waals surface area contributed by atoms with Gasteiger partial charge in [0.1, 0.15) is 5.75 Å². The van der Waals surface area contributed by atoms with Crippen molar-refractivity contribution in [3.63, 3.8) is 0 Å². The van der Waals surface area contributed by atoms with Gasteiger partial charge in [-0.1, -0.05) is 22.9 Å². The fraction of sp³-hybridized carbons (Fsp3) is 0.364. The molecule has 0 aliphatic carbocycles. The maximum Gasteiger partial charge on any atom is 0.306 e. The molecule has 2 N–H and O–H groups in total. The molecule has 1 rings (SSSR count). The number of rotatable bonds is 3. The molecule has 1 unspecified atom stereocenters. The molecule has 4 heteroatoms. The summed E-state index contributed by atoms with van der Waals surface area (Å²) in [7, 11) is 0. The lowest BCUT2D eigenvalue weighted by molar-refractivity contribution is -0.141. The summed E-state index contributed by atoms with van der Waals surface area (Å²) < 4.78 is 0.852. The molecular formula is C11H13BrO3. The van der Waals surface area contributed by atoms with Gasteiger partial charge < -0.3 is 10.2 Å². The van der Waals surface area contributed by atoms with E-state index >= 15 is 0 Å². The Hall–Kier alpha value is -1.03. The number of hydrogen-bond donors (Lipinski definition) is 2. The number of phenols is 1. The minimum Gasteiger partial charge on any atom is -0.507 e. The summed E-state index contributed by atoms with van der Waals surface area (Å²) in [5.74, 6) is -1.16. The van der Waals surface area contributed by atoms with E-state index < -0.39 is 11.9 Å². The van der Waals surface area contributed by atoms with Gasteiger partial charge in [-0.05, 0) is 36.6 Å². The lowest BCUT2D eigenvalue weighted by Crippen LogP contribution is -2.12. The quantitative estimate of drug-likeness (QED) is 0.890. The topological polar surface area (TPSA) is 57.5 Å². The molecule has 1 atom stereocenters. The second kappa shape index (κ2) is 4.66. The van der Waals surface area contributed by atoms with Crippen LogP contribution in [0.2, 0.25) is 0 Å². The average Bonchev–Trinajstić information content (AvgIpc) is 2.13. The number of halogens is 1. The summed E-state index contributed by atoms with van der Waals surface area (Å²) in [6.07, 6.45) is 0.335. The molecule has 0 saturated heterocycles. The average molecular weight is 273 g/mol. The maximum atomic E-state index is 10.7. The van der Waals surface area contributed by atoms with Gasteiger partial charge in [0.25, 0.3) is 0 Å². The monoisotopic (exact) mass is 272 g/mol. The van der Waals surface area contributed by atoms with E-state index in [0.717, 1.165) is 10.0 Å². The first kappa shape index (κ1) is 12.0. The van der Waals surface area contributed by atoms with Crippen molar-refractivity contribution in [1.82, 2.24) is 0 Å². The number of hydrogen-bond acceptors (Lipinski definition) is 2. The summed E-state index contributed by atoms with van der Waals surface area (Å²) in [6.45, 7) is 3.41. The number of phenolic OH excluding ortho intramolecular Hbond substituents is 1. The highest BCUT2D eigenvalue weighted by molar-refractivity contribution is 9.10. The fourth-order valence-electron chi connectivity index (χ4n) is 1.38. The van der Waals surface area contributed by atoms with E-state index in [-0.39, 0.29) is 5.75 Å². The Labute approximate surface area is 96.9 Å². The van der Waals surface area contributed by atoms with Gasteiger partial charge >= 0.3 is 5.97 Å². The summed E-state index contributed by atoms with van der Waals surface area (Å²) in [5.41, 5.74) is 1.41. The van der Waals surface area contributed by atoms with E-state index in [1.54, 1.807) is 26.0 Å². The van der Waals surface area contributed by atoms with Crippen LogP contribution < -0.4 is 0 Å². The van der Waals surface area contributed by atoms with Gasteiger partial charge in [-0.2, -0.15) is 0 Å². The zero-order valence-corrected chi connectivity index (χ0v) is 10.2. The van der Waals surface area contributed by atoms with Crippen molar-refractivity contribution in [2.24, 2.45) is 5.92 Å². The summed E-state index contributed by atoms with van der Waals surface area (Å²) in [6, 6.07) is 3.55. The van der Waals surface area contributed by atoms with Crippen LogP contribution in [-0.2, 0) is 11.2 Å². The zero-order chi connectivity index (χ0) is 11.6. The molecule has 0 radical (unpaired) electrons. The molecule has 15 heavy (non-hydrogen) atoms. The van der Waals surface area contributed by atoms with Crippen LogP contribution in [0.5, 0.6) is 5.75 Å². The van der Waals surface area contributed by atoms with Gasteiger partial charge in [-0.25, -0.2) is 0 Å². The van der Waals surface area contributed by atoms with Crippen molar-refractivity contribution in [1.29, 1.82) is 0 Å². The fourth-order valence-corrected chi connectivity index (χ4v) is 2.00. The predicted molar refractivity (Wildman–Crippen MR) is 61.0 cm³/mol. The highest BCUT2D eigenvalue weighted by Crippen LogP contribution is 2.28. The third kappa shape index (κ3) is 2.96. The number of carboxylic acids is 1. The third-order valence-electron chi connectivity index (χ3n) is 2.29. The Bertz CT molecular complexity index is 388. The van der Waals surface area contributed by atoms with Crippen molar-refractivity contribution in [3.05, 3.63) is 27.7 Å². The molecule has 3 nitrogen and oxygen atoms in total. The van der Waals surface area contributed by atoms with E-state index in [0.29, 0.717) is 12.0 Å². The van der Waals surface area contributed by atoms with Gasteiger partial charge in [-0.3, -0.25) is 4.79 Å². The predicted octanol–water partition coefficient (Wildman–Crippen LogP) is 2.73. The first-order valence-corrected chi connectivity index (χ1v) is 5.42. The van der Waals surface area contributed by atoms with Gasteiger partial charge in [0.05, 0.1) is 5.92 Å².